The molecule has 0 unspecified atom stereocenters. The van der Waals surface area contributed by atoms with Crippen LogP contribution in [0.3, 0.4) is 0 Å². The van der Waals surface area contributed by atoms with Crippen LogP contribution in [0.4, 0.5) is 65.5 Å². The second-order valence-electron chi connectivity index (χ2n) is 15.1. The molecular formula is C56H40N4S2. The van der Waals surface area contributed by atoms with Gasteiger partial charge in [0.25, 0.3) is 0 Å². The number of hydrogen-bond donors (Lipinski definition) is 0. The normalized spacial score (nSPS) is 12.4. The van der Waals surface area contributed by atoms with Crippen molar-refractivity contribution in [2.75, 3.05) is 19.6 Å². The second kappa shape index (κ2) is 16.4. The van der Waals surface area contributed by atoms with E-state index in [1.54, 1.807) is 22.7 Å². The Hall–Kier alpha value is -7.64. The van der Waals surface area contributed by atoms with Crippen LogP contribution in [0.15, 0.2) is 243 Å². The molecule has 0 spiro atoms. The standard InChI is InChI=1S/C56H40N4S2/c1-5-13-45(14-6-1)57-49-29-21-41(22-30-49)42-23-33-51(34-24-42)59(47-17-9-3-10-18-47)55-39-40-56(62-55)60(48-19-11-4-12-20-48)52-35-27-44(28-36-52)43-25-31-50(32-26-43)58(46-15-7-2-8-16-46)54-38-37-53(57)61-54/h1-40H. The Kier molecular flexibility index (Phi) is 9.90. The van der Waals surface area contributed by atoms with Gasteiger partial charge in [0.2, 0.25) is 0 Å². The molecule has 0 N–H and O–H groups in total. The van der Waals surface area contributed by atoms with Crippen LogP contribution in [0, 0.1) is 0 Å². The summed E-state index contributed by atoms with van der Waals surface area (Å²) in [5, 5.41) is 4.52. The summed E-state index contributed by atoms with van der Waals surface area (Å²) < 4.78 is 0. The monoisotopic (exact) mass is 832 g/mol. The zero-order valence-corrected chi connectivity index (χ0v) is 35.3. The lowest BCUT2D eigenvalue weighted by atomic mass is 10.0. The van der Waals surface area contributed by atoms with Crippen LogP contribution in [0.25, 0.3) is 22.3 Å². The molecule has 62 heavy (non-hydrogen) atoms. The topological polar surface area (TPSA) is 13.0 Å². The summed E-state index contributed by atoms with van der Waals surface area (Å²) in [7, 11) is 0. The molecule has 8 aromatic carbocycles. The number of benzene rings is 8. The van der Waals surface area contributed by atoms with Crippen LogP contribution >= 0.6 is 22.7 Å². The van der Waals surface area contributed by atoms with Crippen LogP contribution < -0.4 is 19.6 Å². The third kappa shape index (κ3) is 7.21. The number of para-hydroxylation sites is 4. The number of thiophene rings is 2. The molecule has 6 heteroatoms. The summed E-state index contributed by atoms with van der Waals surface area (Å²) in [6.07, 6.45) is 0. The van der Waals surface area contributed by atoms with Crippen molar-refractivity contribution >= 4 is 88.2 Å². The fraction of sp³-hybridized carbons (Fsp3) is 0. The van der Waals surface area contributed by atoms with Crippen LogP contribution in [-0.4, -0.2) is 0 Å². The summed E-state index contributed by atoms with van der Waals surface area (Å²) in [6, 6.07) is 87.4. The van der Waals surface area contributed by atoms with Crippen molar-refractivity contribution in [3.05, 3.63) is 243 Å². The number of rotatable bonds is 4. The van der Waals surface area contributed by atoms with E-state index in [4.69, 9.17) is 0 Å². The minimum absolute atomic E-state index is 1.10. The summed E-state index contributed by atoms with van der Waals surface area (Å²) >= 11 is 3.56. The molecule has 9 heterocycles. The first-order valence-electron chi connectivity index (χ1n) is 20.7. The van der Waals surface area contributed by atoms with Crippen molar-refractivity contribution in [1.82, 2.24) is 0 Å². The number of hydrogen-bond acceptors (Lipinski definition) is 6. The van der Waals surface area contributed by atoms with Crippen LogP contribution in [-0.2, 0) is 0 Å². The average Bonchev–Trinajstić information content (AvgIpc) is 4.02. The van der Waals surface area contributed by atoms with Gasteiger partial charge < -0.3 is 19.6 Å². The van der Waals surface area contributed by atoms with Gasteiger partial charge in [0.1, 0.15) is 20.0 Å². The Morgan fingerprint density at radius 1 is 0.177 bits per heavy atom. The molecule has 0 aliphatic carbocycles. The SMILES string of the molecule is c1ccc(N2c3ccc(cc3)-c3ccc(cc3)N(c3ccccc3)c3ccc(s3)N(c3ccccc3)c3ccc(cc3)-c3ccc(cc3)N(c3ccccc3)c3ccc2s3)cc1. The zero-order chi connectivity index (χ0) is 41.2. The molecular weight excluding hydrogens is 793 g/mol. The predicted molar refractivity (Wildman–Crippen MR) is 265 cm³/mol. The third-order valence-corrected chi connectivity index (χ3v) is 13.4. The summed E-state index contributed by atoms with van der Waals surface area (Å²) in [6.45, 7) is 0. The smallest absolute Gasteiger partial charge is 0.102 e. The van der Waals surface area contributed by atoms with Gasteiger partial charge in [-0.25, -0.2) is 0 Å². The lowest BCUT2D eigenvalue weighted by Crippen LogP contribution is -2.09. The van der Waals surface area contributed by atoms with Crippen molar-refractivity contribution in [1.29, 1.82) is 0 Å². The van der Waals surface area contributed by atoms with E-state index in [0.29, 0.717) is 0 Å². The van der Waals surface area contributed by atoms with E-state index >= 15 is 0 Å². The Morgan fingerprint density at radius 3 is 0.548 bits per heavy atom. The predicted octanol–water partition coefficient (Wildman–Crippen LogP) is 17.3. The first-order chi connectivity index (χ1) is 30.7. The highest BCUT2D eigenvalue weighted by Gasteiger charge is 2.22. The largest absolute Gasteiger partial charge is 0.302 e. The van der Waals surface area contributed by atoms with E-state index in [2.05, 4.69) is 262 Å². The lowest BCUT2D eigenvalue weighted by molar-refractivity contribution is 1.31. The van der Waals surface area contributed by atoms with Gasteiger partial charge in [-0.2, -0.15) is 0 Å². The minimum atomic E-state index is 1.10. The van der Waals surface area contributed by atoms with Crippen molar-refractivity contribution in [3.63, 3.8) is 0 Å². The molecule has 0 radical (unpaired) electrons. The molecule has 7 aliphatic rings. The van der Waals surface area contributed by atoms with Gasteiger partial charge in [-0.1, -0.05) is 144 Å². The first-order valence-corrected chi connectivity index (χ1v) is 22.4. The molecule has 296 valence electrons. The maximum atomic E-state index is 2.35. The molecule has 0 saturated heterocycles. The molecule has 0 amide bonds. The average molecular weight is 833 g/mol. The van der Waals surface area contributed by atoms with Gasteiger partial charge in [0, 0.05) is 45.5 Å². The molecule has 0 atom stereocenters. The Balaban J connectivity index is 1.07. The zero-order valence-electron chi connectivity index (χ0n) is 33.7. The number of anilines is 12. The van der Waals surface area contributed by atoms with Crippen molar-refractivity contribution in [2.24, 2.45) is 0 Å². The van der Waals surface area contributed by atoms with E-state index in [0.717, 1.165) is 87.8 Å². The van der Waals surface area contributed by atoms with Crippen molar-refractivity contribution in [3.8, 4) is 22.3 Å². The van der Waals surface area contributed by atoms with E-state index < -0.39 is 0 Å². The molecule has 12 bridgehead atoms. The molecule has 17 rings (SSSR count). The highest BCUT2D eigenvalue weighted by atomic mass is 32.1. The van der Waals surface area contributed by atoms with E-state index in [-0.39, 0.29) is 0 Å². The maximum absolute atomic E-state index is 2.35. The minimum Gasteiger partial charge on any atom is -0.302 e. The molecule has 4 nitrogen and oxygen atoms in total. The van der Waals surface area contributed by atoms with Gasteiger partial charge in [0.05, 0.1) is 0 Å². The fourth-order valence-corrected chi connectivity index (χ4v) is 10.4. The Bertz CT molecular complexity index is 2620. The quantitative estimate of drug-likeness (QED) is 0.175. The van der Waals surface area contributed by atoms with E-state index in [9.17, 15) is 0 Å². The summed E-state index contributed by atoms with van der Waals surface area (Å²) in [4.78, 5) is 9.42. The van der Waals surface area contributed by atoms with Crippen LogP contribution in [0.2, 0.25) is 0 Å². The Labute approximate surface area is 370 Å². The highest BCUT2D eigenvalue weighted by molar-refractivity contribution is 7.20. The number of nitrogens with zero attached hydrogens (tertiary/aromatic N) is 4. The Morgan fingerprint density at radius 2 is 0.355 bits per heavy atom. The summed E-state index contributed by atoms with van der Waals surface area (Å²) in [5.41, 5.74) is 13.5. The van der Waals surface area contributed by atoms with E-state index in [1.807, 2.05) is 0 Å². The summed E-state index contributed by atoms with van der Waals surface area (Å²) in [5.74, 6) is 0. The van der Waals surface area contributed by atoms with Gasteiger partial charge in [-0.3, -0.25) is 0 Å². The van der Waals surface area contributed by atoms with Gasteiger partial charge in [-0.15, -0.1) is 0 Å². The van der Waals surface area contributed by atoms with Crippen LogP contribution in [0.1, 0.15) is 0 Å². The third-order valence-electron chi connectivity index (χ3n) is 11.3. The highest BCUT2D eigenvalue weighted by Crippen LogP contribution is 2.48. The first kappa shape index (κ1) is 37.4. The van der Waals surface area contributed by atoms with Crippen LogP contribution in [0.5, 0.6) is 0 Å². The maximum Gasteiger partial charge on any atom is 0.102 e. The molecule has 0 saturated carbocycles. The van der Waals surface area contributed by atoms with Crippen molar-refractivity contribution < 1.29 is 0 Å². The molecule has 2 aromatic heterocycles. The lowest BCUT2D eigenvalue weighted by Gasteiger charge is -2.26. The van der Waals surface area contributed by atoms with Gasteiger partial charge in [-0.05, 0) is 144 Å². The van der Waals surface area contributed by atoms with Crippen molar-refractivity contribution in [2.45, 2.75) is 0 Å². The molecule has 0 fully saturated rings. The molecule has 10 aromatic rings. The second-order valence-corrected chi connectivity index (χ2v) is 17.2. The molecule has 7 aliphatic heterocycles. The van der Waals surface area contributed by atoms with Gasteiger partial charge >= 0.3 is 0 Å². The van der Waals surface area contributed by atoms with E-state index in [1.165, 1.54) is 0 Å². The fourth-order valence-electron chi connectivity index (χ4n) is 8.25. The van der Waals surface area contributed by atoms with Gasteiger partial charge in [0.15, 0.2) is 0 Å².